The van der Waals surface area contributed by atoms with E-state index in [0.717, 1.165) is 0 Å². The predicted molar refractivity (Wildman–Crippen MR) is 79.1 cm³/mol. The van der Waals surface area contributed by atoms with Crippen molar-refractivity contribution in [3.8, 4) is 0 Å². The topological polar surface area (TPSA) is 44.8 Å². The summed E-state index contributed by atoms with van der Waals surface area (Å²) in [6.45, 7) is 2.64. The number of carbonyl (C=O) groups excluding carboxylic acids is 1. The number of carbonyl (C=O) groups is 1. The van der Waals surface area contributed by atoms with E-state index in [9.17, 15) is 4.79 Å². The van der Waals surface area contributed by atoms with Gasteiger partial charge in [-0.2, -0.15) is 0 Å². The van der Waals surface area contributed by atoms with Crippen LogP contribution in [0.4, 0.5) is 0 Å². The zero-order chi connectivity index (χ0) is 14.5. The van der Waals surface area contributed by atoms with Crippen molar-refractivity contribution in [2.24, 2.45) is 5.92 Å². The van der Waals surface area contributed by atoms with Crippen LogP contribution in [0, 0.1) is 5.92 Å². The van der Waals surface area contributed by atoms with E-state index >= 15 is 0 Å². The number of hydrogen-bond donors (Lipinski definition) is 0. The second kappa shape index (κ2) is 7.20. The van der Waals surface area contributed by atoms with Crippen LogP contribution in [0.5, 0.6) is 0 Å². The summed E-state index contributed by atoms with van der Waals surface area (Å²) >= 11 is 3.40. The van der Waals surface area contributed by atoms with Gasteiger partial charge in [0.2, 0.25) is 0 Å². The van der Waals surface area contributed by atoms with Crippen molar-refractivity contribution < 1.29 is 19.0 Å². The number of hydrogen-bond acceptors (Lipinski definition) is 4. The van der Waals surface area contributed by atoms with Gasteiger partial charge in [-0.25, -0.2) is 4.79 Å². The zero-order valence-electron chi connectivity index (χ0n) is 11.6. The third kappa shape index (κ3) is 3.40. The molecule has 1 heterocycles. The van der Waals surface area contributed by atoms with Gasteiger partial charge < -0.3 is 14.2 Å². The SMILES string of the molecule is CO[C@@H]1[C@@H](OC(=O)c2ccccc2)[C@H](CBr)OC[C@@H]1C. The van der Waals surface area contributed by atoms with E-state index in [1.165, 1.54) is 0 Å². The number of halogens is 1. The minimum Gasteiger partial charge on any atom is -0.453 e. The molecule has 0 bridgehead atoms. The summed E-state index contributed by atoms with van der Waals surface area (Å²) < 4.78 is 16.9. The van der Waals surface area contributed by atoms with Crippen LogP contribution in [-0.4, -0.2) is 43.3 Å². The third-order valence-electron chi connectivity index (χ3n) is 3.50. The standard InChI is InChI=1S/C15H19BrO4/c1-10-9-19-12(8-16)14(13(10)18-2)20-15(17)11-6-4-3-5-7-11/h3-7,10,12-14H,8-9H2,1-2H3/t10-,12-,13-,14-/m0/s1. The highest BCUT2D eigenvalue weighted by atomic mass is 79.9. The average molecular weight is 343 g/mol. The van der Waals surface area contributed by atoms with Crippen LogP contribution in [0.25, 0.3) is 0 Å². The second-order valence-corrected chi connectivity index (χ2v) is 5.59. The number of rotatable bonds is 4. The van der Waals surface area contributed by atoms with Gasteiger partial charge >= 0.3 is 5.97 Å². The second-order valence-electron chi connectivity index (χ2n) is 4.94. The molecule has 1 aromatic rings. The lowest BCUT2D eigenvalue weighted by Gasteiger charge is -2.39. The molecule has 0 radical (unpaired) electrons. The van der Waals surface area contributed by atoms with Crippen molar-refractivity contribution in [3.05, 3.63) is 35.9 Å². The fourth-order valence-corrected chi connectivity index (χ4v) is 2.96. The quantitative estimate of drug-likeness (QED) is 0.623. The molecule has 1 aliphatic rings. The smallest absolute Gasteiger partial charge is 0.338 e. The largest absolute Gasteiger partial charge is 0.453 e. The highest BCUT2D eigenvalue weighted by Gasteiger charge is 2.41. The Hall–Kier alpha value is -0.910. The van der Waals surface area contributed by atoms with Crippen molar-refractivity contribution in [2.75, 3.05) is 19.0 Å². The lowest BCUT2D eigenvalue weighted by molar-refractivity contribution is -0.164. The molecule has 5 heteroatoms. The number of benzene rings is 1. The molecule has 0 aromatic heterocycles. The molecular formula is C15H19BrO4. The summed E-state index contributed by atoms with van der Waals surface area (Å²) in [5.41, 5.74) is 0.536. The van der Waals surface area contributed by atoms with Crippen molar-refractivity contribution in [1.29, 1.82) is 0 Å². The van der Waals surface area contributed by atoms with Gasteiger partial charge in [0.05, 0.1) is 12.2 Å². The Balaban J connectivity index is 2.12. The summed E-state index contributed by atoms with van der Waals surface area (Å²) in [5.74, 6) is -0.162. The first kappa shape index (κ1) is 15.5. The van der Waals surface area contributed by atoms with Crippen molar-refractivity contribution >= 4 is 21.9 Å². The summed E-state index contributed by atoms with van der Waals surface area (Å²) in [7, 11) is 1.64. The molecule has 1 fully saturated rings. The molecular weight excluding hydrogens is 324 g/mol. The number of alkyl halides is 1. The molecule has 110 valence electrons. The summed E-state index contributed by atoms with van der Waals surface area (Å²) in [4.78, 5) is 12.2. The first-order chi connectivity index (χ1) is 9.67. The molecule has 0 saturated carbocycles. The Morgan fingerprint density at radius 3 is 2.65 bits per heavy atom. The molecule has 1 saturated heterocycles. The molecule has 0 N–H and O–H groups in total. The summed E-state index contributed by atoms with van der Waals surface area (Å²) in [6.07, 6.45) is -0.751. The fourth-order valence-electron chi connectivity index (χ4n) is 2.41. The summed E-state index contributed by atoms with van der Waals surface area (Å²) in [5, 5.41) is 0.603. The maximum Gasteiger partial charge on any atom is 0.338 e. The van der Waals surface area contributed by atoms with Crippen LogP contribution in [0.15, 0.2) is 30.3 Å². The summed E-state index contributed by atoms with van der Waals surface area (Å²) in [6, 6.07) is 8.96. The van der Waals surface area contributed by atoms with E-state index in [1.807, 2.05) is 25.1 Å². The molecule has 4 nitrogen and oxygen atoms in total. The van der Waals surface area contributed by atoms with Gasteiger partial charge in [-0.15, -0.1) is 0 Å². The Morgan fingerprint density at radius 1 is 1.35 bits per heavy atom. The monoisotopic (exact) mass is 342 g/mol. The molecule has 0 unspecified atom stereocenters. The van der Waals surface area contributed by atoms with Crippen LogP contribution in [-0.2, 0) is 14.2 Å². The lowest BCUT2D eigenvalue weighted by atomic mass is 9.94. The number of esters is 1. The fraction of sp³-hybridized carbons (Fsp3) is 0.533. The maximum atomic E-state index is 12.2. The van der Waals surface area contributed by atoms with Crippen molar-refractivity contribution in [3.63, 3.8) is 0 Å². The van der Waals surface area contributed by atoms with E-state index in [0.29, 0.717) is 17.5 Å². The van der Waals surface area contributed by atoms with Crippen LogP contribution < -0.4 is 0 Å². The van der Waals surface area contributed by atoms with Crippen LogP contribution in [0.3, 0.4) is 0 Å². The van der Waals surface area contributed by atoms with Gasteiger partial charge in [-0.05, 0) is 12.1 Å². The molecule has 1 aliphatic heterocycles. The van der Waals surface area contributed by atoms with Crippen molar-refractivity contribution in [1.82, 2.24) is 0 Å². The minimum absolute atomic E-state index is 0.154. The Morgan fingerprint density at radius 2 is 2.05 bits per heavy atom. The molecule has 0 spiro atoms. The Labute approximate surface area is 127 Å². The van der Waals surface area contributed by atoms with E-state index in [4.69, 9.17) is 14.2 Å². The van der Waals surface area contributed by atoms with E-state index < -0.39 is 6.10 Å². The maximum absolute atomic E-state index is 12.2. The number of ether oxygens (including phenoxy) is 3. The third-order valence-corrected chi connectivity index (χ3v) is 4.14. The van der Waals surface area contributed by atoms with Gasteiger partial charge in [0.15, 0.2) is 6.10 Å². The van der Waals surface area contributed by atoms with Crippen LogP contribution in [0.1, 0.15) is 17.3 Å². The lowest BCUT2D eigenvalue weighted by Crippen LogP contribution is -2.52. The van der Waals surface area contributed by atoms with Gasteiger partial charge in [-0.1, -0.05) is 41.1 Å². The molecule has 2 rings (SSSR count). The molecule has 4 atom stereocenters. The molecule has 20 heavy (non-hydrogen) atoms. The van der Waals surface area contributed by atoms with E-state index in [1.54, 1.807) is 19.2 Å². The predicted octanol–water partition coefficient (Wildman–Crippen LogP) is 2.66. The Kier molecular flexibility index (Phi) is 5.57. The van der Waals surface area contributed by atoms with Gasteiger partial charge in [-0.3, -0.25) is 0 Å². The molecule has 0 amide bonds. The first-order valence-corrected chi connectivity index (χ1v) is 7.76. The van der Waals surface area contributed by atoms with Gasteiger partial charge in [0.1, 0.15) is 12.2 Å². The average Bonchev–Trinajstić information content (AvgIpc) is 2.48. The van der Waals surface area contributed by atoms with Crippen LogP contribution >= 0.6 is 15.9 Å². The molecule has 0 aliphatic carbocycles. The van der Waals surface area contributed by atoms with Gasteiger partial charge in [0, 0.05) is 18.4 Å². The highest BCUT2D eigenvalue weighted by Crippen LogP contribution is 2.26. The molecule has 1 aromatic carbocycles. The number of methoxy groups -OCH3 is 1. The van der Waals surface area contributed by atoms with E-state index in [-0.39, 0.29) is 24.1 Å². The minimum atomic E-state index is -0.407. The van der Waals surface area contributed by atoms with Crippen molar-refractivity contribution in [2.45, 2.75) is 25.2 Å². The van der Waals surface area contributed by atoms with Gasteiger partial charge in [0.25, 0.3) is 0 Å². The highest BCUT2D eigenvalue weighted by molar-refractivity contribution is 9.09. The first-order valence-electron chi connectivity index (χ1n) is 6.63. The Bertz CT molecular complexity index is 437. The zero-order valence-corrected chi connectivity index (χ0v) is 13.2. The van der Waals surface area contributed by atoms with Crippen LogP contribution in [0.2, 0.25) is 0 Å². The normalized spacial score (nSPS) is 29.9. The van der Waals surface area contributed by atoms with E-state index in [2.05, 4.69) is 15.9 Å².